The molecule has 0 aliphatic rings. The van der Waals surface area contributed by atoms with Crippen molar-refractivity contribution < 1.29 is 39.0 Å². The summed E-state index contributed by atoms with van der Waals surface area (Å²) in [5, 5.41) is 0.982. The van der Waals surface area contributed by atoms with Crippen molar-refractivity contribution in [2.45, 2.75) is 51.9 Å². The molecule has 0 aliphatic carbocycles. The lowest BCUT2D eigenvalue weighted by molar-refractivity contribution is -0.597. The van der Waals surface area contributed by atoms with Crippen LogP contribution in [0.4, 0.5) is 0 Å². The lowest BCUT2D eigenvalue weighted by Gasteiger charge is -2.21. The largest absolute Gasteiger partial charge is 0.744 e. The van der Waals surface area contributed by atoms with Crippen LogP contribution >= 0.6 is 23.2 Å². The molecule has 242 valence electrons. The van der Waals surface area contributed by atoms with Crippen molar-refractivity contribution in [2.75, 3.05) is 13.1 Å². The van der Waals surface area contributed by atoms with E-state index in [1.54, 1.807) is 24.4 Å². The average Bonchev–Trinajstić information content (AvgIpc) is 3.37. The van der Waals surface area contributed by atoms with Crippen LogP contribution in [0, 0.1) is 21.0 Å². The SMILES string of the molecule is CCCN(CCC)C(=O)Cc1c(-c2ccc([I+]c3ccc(C)cc3)cc2)nc2c(Cl)cc(Cl)cn12.Cc1ccc(S(=O)(=O)[O-])cc1. The number of imidazole rings is 1. The minimum atomic E-state index is -4.27. The number of hydrogen-bond acceptors (Lipinski definition) is 5. The zero-order valence-electron chi connectivity index (χ0n) is 26.1. The first-order chi connectivity index (χ1) is 21.9. The Morgan fingerprint density at radius 3 is 1.91 bits per heavy atom. The maximum Gasteiger partial charge on any atom is 0.357 e. The van der Waals surface area contributed by atoms with E-state index in [2.05, 4.69) is 69.3 Å². The smallest absolute Gasteiger partial charge is 0.357 e. The van der Waals surface area contributed by atoms with E-state index in [1.807, 2.05) is 16.2 Å². The molecule has 7 nitrogen and oxygen atoms in total. The fourth-order valence-electron chi connectivity index (χ4n) is 4.77. The number of rotatable bonds is 10. The number of aromatic nitrogens is 2. The third-order valence-electron chi connectivity index (χ3n) is 7.06. The molecule has 2 aromatic heterocycles. The second-order valence-corrected chi connectivity index (χ2v) is 16.1. The predicted molar refractivity (Wildman–Crippen MR) is 179 cm³/mol. The van der Waals surface area contributed by atoms with Gasteiger partial charge in [0.1, 0.15) is 10.1 Å². The summed E-state index contributed by atoms with van der Waals surface area (Å²) < 4.78 is 35.8. The lowest BCUT2D eigenvalue weighted by Crippen LogP contribution is -3.61. The fraction of sp³-hybridized carbons (Fsp3) is 0.257. The Kier molecular flexibility index (Phi) is 12.7. The van der Waals surface area contributed by atoms with Crippen LogP contribution in [0.25, 0.3) is 16.9 Å². The van der Waals surface area contributed by atoms with Gasteiger partial charge >= 0.3 is 21.2 Å². The van der Waals surface area contributed by atoms with E-state index in [-0.39, 0.29) is 38.4 Å². The highest BCUT2D eigenvalue weighted by atomic mass is 127. The van der Waals surface area contributed by atoms with Gasteiger partial charge in [0, 0.05) is 24.8 Å². The Hall–Kier alpha value is -2.96. The van der Waals surface area contributed by atoms with Gasteiger partial charge < -0.3 is 13.9 Å². The van der Waals surface area contributed by atoms with Crippen molar-refractivity contribution in [1.82, 2.24) is 14.3 Å². The van der Waals surface area contributed by atoms with E-state index in [4.69, 9.17) is 28.2 Å². The third kappa shape index (κ3) is 9.54. The molecule has 3 aromatic carbocycles. The standard InChI is InChI=1S/C28H29Cl2IN3O.C7H8O3S/c1-4-14-33(15-5-2)26(35)17-25-27(32-28-24(30)16-21(29)18-34(25)28)20-8-12-23(13-9-20)31-22-10-6-19(3)7-11-22;1-6-2-4-7(5-3-6)11(8,9)10/h6-13,16,18H,4-5,14-15,17H2,1-3H3;2-5H,1H3,(H,8,9,10)/q+1;/p-1. The van der Waals surface area contributed by atoms with Gasteiger partial charge in [-0.1, -0.05) is 72.4 Å². The number of amides is 1. The second kappa shape index (κ2) is 16.2. The van der Waals surface area contributed by atoms with Crippen LogP contribution in [0.15, 0.2) is 90.0 Å². The maximum absolute atomic E-state index is 13.3. The van der Waals surface area contributed by atoms with Gasteiger partial charge in [0.25, 0.3) is 0 Å². The second-order valence-electron chi connectivity index (χ2n) is 10.8. The zero-order valence-corrected chi connectivity index (χ0v) is 30.6. The Balaban J connectivity index is 0.000000369. The van der Waals surface area contributed by atoms with Crippen LogP contribution in [0.5, 0.6) is 0 Å². The molecule has 5 rings (SSSR count). The first kappa shape index (κ1) is 35.9. The van der Waals surface area contributed by atoms with Crippen LogP contribution in [0.2, 0.25) is 10.0 Å². The summed E-state index contributed by atoms with van der Waals surface area (Å²) in [5.74, 6) is 0.0923. The van der Waals surface area contributed by atoms with Crippen molar-refractivity contribution >= 4 is 44.9 Å². The molecule has 0 N–H and O–H groups in total. The summed E-state index contributed by atoms with van der Waals surface area (Å²) >= 11 is 12.6. The van der Waals surface area contributed by atoms with Gasteiger partial charge in [-0.2, -0.15) is 0 Å². The number of carbonyl (C=O) groups excluding carboxylic acids is 1. The molecule has 0 fully saturated rings. The highest BCUT2D eigenvalue weighted by Gasteiger charge is 2.23. The molecule has 0 atom stereocenters. The molecule has 0 unspecified atom stereocenters. The molecule has 2 heterocycles. The first-order valence-corrected chi connectivity index (χ1v) is 19.2. The number of fused-ring (bicyclic) bond motifs is 1. The number of nitrogens with zero attached hydrogens (tertiary/aromatic N) is 3. The van der Waals surface area contributed by atoms with Crippen molar-refractivity contribution in [2.24, 2.45) is 0 Å². The molecule has 5 aromatic rings. The zero-order chi connectivity index (χ0) is 33.4. The normalized spacial score (nSPS) is 11.3. The van der Waals surface area contributed by atoms with Gasteiger partial charge in [-0.15, -0.1) is 0 Å². The van der Waals surface area contributed by atoms with Gasteiger partial charge in [0.15, 0.2) is 12.8 Å². The van der Waals surface area contributed by atoms with Crippen molar-refractivity contribution in [3.05, 3.63) is 119 Å². The summed E-state index contributed by atoms with van der Waals surface area (Å²) in [6, 6.07) is 24.8. The van der Waals surface area contributed by atoms with Crippen LogP contribution in [0.3, 0.4) is 0 Å². The Labute approximate surface area is 291 Å². The molecule has 0 aliphatic heterocycles. The lowest BCUT2D eigenvalue weighted by atomic mass is 10.1. The number of hydrogen-bond donors (Lipinski definition) is 0. The van der Waals surface area contributed by atoms with Crippen molar-refractivity contribution in [3.8, 4) is 11.3 Å². The number of benzene rings is 3. The predicted octanol–water partition coefficient (Wildman–Crippen LogP) is 4.84. The van der Waals surface area contributed by atoms with Crippen LogP contribution < -0.4 is 21.2 Å². The molecule has 0 spiro atoms. The van der Waals surface area contributed by atoms with Gasteiger partial charge in [0.2, 0.25) is 5.91 Å². The van der Waals surface area contributed by atoms with Crippen LogP contribution in [0.1, 0.15) is 43.5 Å². The summed E-state index contributed by atoms with van der Waals surface area (Å²) in [4.78, 5) is 19.9. The van der Waals surface area contributed by atoms with Crippen molar-refractivity contribution in [3.63, 3.8) is 0 Å². The summed E-state index contributed by atoms with van der Waals surface area (Å²) in [5.41, 5.74) is 5.37. The molecule has 1 amide bonds. The number of halogens is 3. The topological polar surface area (TPSA) is 94.8 Å². The van der Waals surface area contributed by atoms with E-state index in [9.17, 15) is 17.8 Å². The summed E-state index contributed by atoms with van der Waals surface area (Å²) in [6.45, 7) is 9.61. The molecule has 0 radical (unpaired) electrons. The van der Waals surface area contributed by atoms with Crippen molar-refractivity contribution in [1.29, 1.82) is 0 Å². The minimum Gasteiger partial charge on any atom is -0.744 e. The first-order valence-electron chi connectivity index (χ1n) is 14.9. The number of pyridine rings is 1. The maximum atomic E-state index is 13.3. The van der Waals surface area contributed by atoms with Gasteiger partial charge in [-0.05, 0) is 81.3 Å². The Morgan fingerprint density at radius 2 is 1.39 bits per heavy atom. The van der Waals surface area contributed by atoms with Gasteiger partial charge in [-0.25, -0.2) is 13.4 Å². The Bertz CT molecular complexity index is 1890. The molecule has 0 saturated carbocycles. The molecule has 46 heavy (non-hydrogen) atoms. The molecule has 11 heteroatoms. The number of aryl methyl sites for hydroxylation is 2. The van der Waals surface area contributed by atoms with E-state index in [0.717, 1.165) is 48.4 Å². The minimum absolute atomic E-state index is 0.0923. The molecular weight excluding hydrogens is 756 g/mol. The average molecular weight is 793 g/mol. The van der Waals surface area contributed by atoms with Gasteiger partial charge in [0.05, 0.1) is 32.7 Å². The molecule has 0 saturated heterocycles. The van der Waals surface area contributed by atoms with E-state index >= 15 is 0 Å². The third-order valence-corrected chi connectivity index (χ3v) is 11.1. The quantitative estimate of drug-likeness (QED) is 0.149. The number of carbonyl (C=O) groups is 1. The highest BCUT2D eigenvalue weighted by molar-refractivity contribution is 7.85. The van der Waals surface area contributed by atoms with Crippen LogP contribution in [-0.4, -0.2) is 46.3 Å². The van der Waals surface area contributed by atoms with E-state index in [1.165, 1.54) is 24.8 Å². The fourth-order valence-corrected chi connectivity index (χ4v) is 7.91. The molecular formula is C35H36Cl2IN3O4S. The summed E-state index contributed by atoms with van der Waals surface area (Å²) in [7, 11) is -4.27. The van der Waals surface area contributed by atoms with Gasteiger partial charge in [-0.3, -0.25) is 4.79 Å². The Morgan fingerprint density at radius 1 is 0.870 bits per heavy atom. The van der Waals surface area contributed by atoms with E-state index in [0.29, 0.717) is 15.7 Å². The highest BCUT2D eigenvalue weighted by Crippen LogP contribution is 2.30. The summed E-state index contributed by atoms with van der Waals surface area (Å²) in [6.07, 6.45) is 3.89. The van der Waals surface area contributed by atoms with Crippen LogP contribution in [-0.2, 0) is 21.3 Å². The van der Waals surface area contributed by atoms with E-state index < -0.39 is 10.1 Å². The molecule has 0 bridgehead atoms. The monoisotopic (exact) mass is 791 g/mol.